The molecule has 0 aromatic heterocycles. The Balaban J connectivity index is 4.44. The van der Waals surface area contributed by atoms with E-state index in [-0.39, 0.29) is 37.5 Å². The van der Waals surface area contributed by atoms with Crippen LogP contribution >= 0.6 is 0 Å². The van der Waals surface area contributed by atoms with Crippen molar-refractivity contribution >= 4 is 17.9 Å². The molecule has 0 radical (unpaired) electrons. The quantitative estimate of drug-likeness (QED) is 0.0261. The molecule has 0 amide bonds. The van der Waals surface area contributed by atoms with Crippen LogP contribution in [-0.4, -0.2) is 37.2 Å². The molecule has 0 rings (SSSR count). The summed E-state index contributed by atoms with van der Waals surface area (Å²) in [7, 11) is 0. The highest BCUT2D eigenvalue weighted by molar-refractivity contribution is 5.71. The number of hydrogen-bond acceptors (Lipinski definition) is 6. The third kappa shape index (κ3) is 61.1. The van der Waals surface area contributed by atoms with Crippen LogP contribution in [0.1, 0.15) is 303 Å². The molecule has 0 aliphatic carbocycles. The predicted octanol–water partition coefficient (Wildman–Crippen LogP) is 21.7. The molecular formula is C69H118O6. The first-order chi connectivity index (χ1) is 37.0. The van der Waals surface area contributed by atoms with Crippen LogP contribution in [0.4, 0.5) is 0 Å². The van der Waals surface area contributed by atoms with Gasteiger partial charge in [0.15, 0.2) is 6.10 Å². The molecule has 0 aliphatic rings. The van der Waals surface area contributed by atoms with Crippen molar-refractivity contribution in [1.82, 2.24) is 0 Å². The highest BCUT2D eigenvalue weighted by Gasteiger charge is 2.19. The number of allylic oxidation sites excluding steroid dienone is 16. The van der Waals surface area contributed by atoms with Crippen molar-refractivity contribution in [2.45, 2.75) is 309 Å². The van der Waals surface area contributed by atoms with Crippen molar-refractivity contribution in [3.63, 3.8) is 0 Å². The largest absolute Gasteiger partial charge is 0.462 e. The summed E-state index contributed by atoms with van der Waals surface area (Å²) in [6.45, 7) is 6.49. The summed E-state index contributed by atoms with van der Waals surface area (Å²) in [5.41, 5.74) is 0. The van der Waals surface area contributed by atoms with Gasteiger partial charge in [-0.2, -0.15) is 0 Å². The number of carbonyl (C=O) groups is 3. The lowest BCUT2D eigenvalue weighted by Gasteiger charge is -2.18. The van der Waals surface area contributed by atoms with Crippen LogP contribution < -0.4 is 0 Å². The van der Waals surface area contributed by atoms with Gasteiger partial charge in [0.05, 0.1) is 0 Å². The third-order valence-corrected chi connectivity index (χ3v) is 13.5. The average Bonchev–Trinajstić information content (AvgIpc) is 3.41. The van der Waals surface area contributed by atoms with Gasteiger partial charge in [-0.3, -0.25) is 14.4 Å². The Morgan fingerprint density at radius 2 is 0.520 bits per heavy atom. The minimum absolute atomic E-state index is 0.0934. The number of unbranched alkanes of at least 4 members (excludes halogenated alkanes) is 30. The van der Waals surface area contributed by atoms with Crippen molar-refractivity contribution in [3.8, 4) is 0 Å². The standard InChI is InChI=1S/C69H118O6/c1-4-7-10-13-16-19-22-25-28-31-33-34-36-38-41-44-47-50-53-56-59-62-68(71)74-65-66(64-73-67(70)61-58-55-52-49-46-43-40-37-30-27-24-21-18-15-12-9-6-3)75-69(72)63-60-57-54-51-48-45-42-39-35-32-29-26-23-20-17-14-11-8-5-2/h8,11,17-18,20-21,25-30,35,39,45,48,66H,4-7,9-10,12-16,19,22-24,31-34,36-38,40-44,46-47,49-65H2,1-3H3/b11-8-,20-17-,21-18-,28-25-,29-26-,30-27-,39-35-,48-45-/t66-/m1/s1. The van der Waals surface area contributed by atoms with Gasteiger partial charge in [0.25, 0.3) is 0 Å². The summed E-state index contributed by atoms with van der Waals surface area (Å²) < 4.78 is 16.9. The normalized spacial score (nSPS) is 12.7. The predicted molar refractivity (Wildman–Crippen MR) is 325 cm³/mol. The zero-order chi connectivity index (χ0) is 54.3. The molecule has 6 nitrogen and oxygen atoms in total. The fourth-order valence-corrected chi connectivity index (χ4v) is 8.79. The lowest BCUT2D eigenvalue weighted by Crippen LogP contribution is -2.30. The molecule has 0 spiro atoms. The molecule has 75 heavy (non-hydrogen) atoms. The Kier molecular flexibility index (Phi) is 59.8. The smallest absolute Gasteiger partial charge is 0.306 e. The van der Waals surface area contributed by atoms with Crippen molar-refractivity contribution in [1.29, 1.82) is 0 Å². The molecule has 0 saturated carbocycles. The molecule has 430 valence electrons. The van der Waals surface area contributed by atoms with Crippen molar-refractivity contribution in [2.75, 3.05) is 13.2 Å². The van der Waals surface area contributed by atoms with Gasteiger partial charge < -0.3 is 14.2 Å². The summed E-state index contributed by atoms with van der Waals surface area (Å²) >= 11 is 0. The minimum Gasteiger partial charge on any atom is -0.462 e. The van der Waals surface area contributed by atoms with E-state index in [4.69, 9.17) is 14.2 Å². The fraction of sp³-hybridized carbons (Fsp3) is 0.725. The van der Waals surface area contributed by atoms with Crippen LogP contribution in [0, 0.1) is 0 Å². The molecule has 1 atom stereocenters. The topological polar surface area (TPSA) is 78.9 Å². The molecule has 0 unspecified atom stereocenters. The van der Waals surface area contributed by atoms with Gasteiger partial charge in [0.1, 0.15) is 13.2 Å². The number of rotatable bonds is 57. The van der Waals surface area contributed by atoms with Gasteiger partial charge in [-0.1, -0.05) is 259 Å². The second-order valence-corrected chi connectivity index (χ2v) is 20.9. The van der Waals surface area contributed by atoms with E-state index in [1.54, 1.807) is 0 Å². The Hall–Kier alpha value is -3.67. The van der Waals surface area contributed by atoms with Crippen LogP contribution in [0.25, 0.3) is 0 Å². The van der Waals surface area contributed by atoms with E-state index < -0.39 is 6.10 Å². The third-order valence-electron chi connectivity index (χ3n) is 13.5. The van der Waals surface area contributed by atoms with E-state index in [2.05, 4.69) is 118 Å². The summed E-state index contributed by atoms with van der Waals surface area (Å²) in [4.78, 5) is 38.3. The molecule has 0 saturated heterocycles. The lowest BCUT2D eigenvalue weighted by atomic mass is 10.0. The molecule has 0 aliphatic heterocycles. The molecule has 6 heteroatoms. The van der Waals surface area contributed by atoms with Crippen molar-refractivity contribution in [3.05, 3.63) is 97.2 Å². The van der Waals surface area contributed by atoms with Gasteiger partial charge in [-0.25, -0.2) is 0 Å². The van der Waals surface area contributed by atoms with Gasteiger partial charge in [-0.15, -0.1) is 0 Å². The summed E-state index contributed by atoms with van der Waals surface area (Å²) in [6.07, 6.45) is 84.0. The first-order valence-corrected chi connectivity index (χ1v) is 31.7. The Labute approximate surface area is 464 Å². The molecule has 0 heterocycles. The van der Waals surface area contributed by atoms with E-state index in [1.807, 2.05) is 0 Å². The molecule has 0 bridgehead atoms. The zero-order valence-electron chi connectivity index (χ0n) is 49.3. The number of carbonyl (C=O) groups excluding carboxylic acids is 3. The van der Waals surface area contributed by atoms with Crippen LogP contribution in [0.15, 0.2) is 97.2 Å². The highest BCUT2D eigenvalue weighted by Crippen LogP contribution is 2.16. The maximum atomic E-state index is 12.9. The molecular weight excluding hydrogens is 925 g/mol. The second-order valence-electron chi connectivity index (χ2n) is 20.9. The maximum Gasteiger partial charge on any atom is 0.306 e. The summed E-state index contributed by atoms with van der Waals surface area (Å²) in [5.74, 6) is -0.926. The van der Waals surface area contributed by atoms with Crippen molar-refractivity contribution < 1.29 is 28.6 Å². The summed E-state index contributed by atoms with van der Waals surface area (Å²) in [5, 5.41) is 0. The fourth-order valence-electron chi connectivity index (χ4n) is 8.79. The van der Waals surface area contributed by atoms with E-state index in [0.29, 0.717) is 12.8 Å². The van der Waals surface area contributed by atoms with Crippen LogP contribution in [-0.2, 0) is 28.6 Å². The minimum atomic E-state index is -0.801. The van der Waals surface area contributed by atoms with Crippen molar-refractivity contribution in [2.24, 2.45) is 0 Å². The Morgan fingerprint density at radius 1 is 0.280 bits per heavy atom. The van der Waals surface area contributed by atoms with Gasteiger partial charge in [0.2, 0.25) is 0 Å². The zero-order valence-corrected chi connectivity index (χ0v) is 49.3. The Morgan fingerprint density at radius 3 is 0.867 bits per heavy atom. The Bertz CT molecular complexity index is 1480. The lowest BCUT2D eigenvalue weighted by molar-refractivity contribution is -0.167. The monoisotopic (exact) mass is 1040 g/mol. The van der Waals surface area contributed by atoms with Gasteiger partial charge in [-0.05, 0) is 122 Å². The van der Waals surface area contributed by atoms with E-state index in [9.17, 15) is 14.4 Å². The molecule has 0 fully saturated rings. The number of hydrogen-bond donors (Lipinski definition) is 0. The number of esters is 3. The first-order valence-electron chi connectivity index (χ1n) is 31.7. The molecule has 0 aromatic rings. The average molecular weight is 1040 g/mol. The number of ether oxygens (including phenoxy) is 3. The summed E-state index contributed by atoms with van der Waals surface area (Å²) in [6, 6.07) is 0. The van der Waals surface area contributed by atoms with Gasteiger partial charge >= 0.3 is 17.9 Å². The maximum absolute atomic E-state index is 12.9. The highest BCUT2D eigenvalue weighted by atomic mass is 16.6. The van der Waals surface area contributed by atoms with Gasteiger partial charge in [0, 0.05) is 19.3 Å². The van der Waals surface area contributed by atoms with E-state index in [1.165, 1.54) is 154 Å². The van der Waals surface area contributed by atoms with Crippen LogP contribution in [0.3, 0.4) is 0 Å². The first kappa shape index (κ1) is 71.3. The molecule has 0 N–H and O–H groups in total. The van der Waals surface area contributed by atoms with Crippen LogP contribution in [0.5, 0.6) is 0 Å². The second kappa shape index (κ2) is 62.9. The van der Waals surface area contributed by atoms with E-state index >= 15 is 0 Å². The van der Waals surface area contributed by atoms with Crippen LogP contribution in [0.2, 0.25) is 0 Å². The SMILES string of the molecule is CC/C=C\C/C=C\C/C=C\C/C=C\C/C=C\CCCCCC(=O)O[C@H](COC(=O)CCCCCCCCC/C=C\C/C=C\CCCCC)COC(=O)CCCCCCCCCCCCC/C=C\CCCCCCCC. The molecule has 0 aromatic carbocycles. The van der Waals surface area contributed by atoms with E-state index in [0.717, 1.165) is 109 Å².